The maximum Gasteiger partial charge on any atom is 0.259 e. The highest BCUT2D eigenvalue weighted by molar-refractivity contribution is 6.04. The molecule has 0 spiro atoms. The number of aromatic nitrogens is 2. The zero-order valence-corrected chi connectivity index (χ0v) is 16.3. The molecule has 1 saturated heterocycles. The molecule has 1 aliphatic heterocycles. The summed E-state index contributed by atoms with van der Waals surface area (Å²) < 4.78 is 10.0. The second kappa shape index (κ2) is 8.79. The molecule has 148 valence electrons. The van der Waals surface area contributed by atoms with E-state index in [4.69, 9.17) is 9.47 Å². The van der Waals surface area contributed by atoms with Crippen LogP contribution in [0.3, 0.4) is 0 Å². The Labute approximate surface area is 163 Å². The van der Waals surface area contributed by atoms with Crippen molar-refractivity contribution in [3.8, 4) is 5.75 Å². The van der Waals surface area contributed by atoms with Crippen LogP contribution in [0.25, 0.3) is 0 Å². The number of aryl methyl sites for hydroxylation is 1. The molecule has 1 fully saturated rings. The predicted octanol–water partition coefficient (Wildman–Crippen LogP) is 2.01. The number of hydrogen-bond donors (Lipinski definition) is 1. The molecule has 8 nitrogen and oxygen atoms in total. The fourth-order valence-electron chi connectivity index (χ4n) is 3.19. The van der Waals surface area contributed by atoms with Gasteiger partial charge in [0.05, 0.1) is 18.4 Å². The number of nitrogens with one attached hydrogen (secondary N) is 1. The minimum absolute atomic E-state index is 0.0304. The molecule has 0 unspecified atom stereocenters. The zero-order chi connectivity index (χ0) is 20.1. The molecule has 1 N–H and O–H groups in total. The van der Waals surface area contributed by atoms with Crippen molar-refractivity contribution in [3.05, 3.63) is 47.5 Å². The van der Waals surface area contributed by atoms with E-state index in [1.165, 1.54) is 7.11 Å². The van der Waals surface area contributed by atoms with Crippen LogP contribution in [-0.4, -0.2) is 60.6 Å². The Bertz CT molecular complexity index is 854. The van der Waals surface area contributed by atoms with E-state index in [2.05, 4.69) is 15.3 Å². The van der Waals surface area contributed by atoms with Crippen LogP contribution >= 0.6 is 0 Å². The summed E-state index contributed by atoms with van der Waals surface area (Å²) in [5.41, 5.74) is 1.69. The van der Waals surface area contributed by atoms with Crippen LogP contribution in [0, 0.1) is 6.92 Å². The molecule has 2 amide bonds. The number of amides is 2. The Morgan fingerprint density at radius 2 is 2.00 bits per heavy atom. The predicted molar refractivity (Wildman–Crippen MR) is 104 cm³/mol. The van der Waals surface area contributed by atoms with Crippen molar-refractivity contribution in [1.29, 1.82) is 0 Å². The van der Waals surface area contributed by atoms with Gasteiger partial charge in [-0.3, -0.25) is 9.59 Å². The number of benzene rings is 1. The molecule has 1 aliphatic rings. The van der Waals surface area contributed by atoms with Gasteiger partial charge in [-0.15, -0.1) is 0 Å². The molecule has 2 heterocycles. The Morgan fingerprint density at radius 3 is 2.64 bits per heavy atom. The third-order valence-corrected chi connectivity index (χ3v) is 4.76. The molecule has 1 atom stereocenters. The van der Waals surface area contributed by atoms with E-state index in [0.29, 0.717) is 35.9 Å². The summed E-state index contributed by atoms with van der Waals surface area (Å²) >= 11 is 0. The number of hydrogen-bond acceptors (Lipinski definition) is 6. The average molecular weight is 384 g/mol. The number of nitrogens with zero attached hydrogens (tertiary/aromatic N) is 3. The fourth-order valence-corrected chi connectivity index (χ4v) is 3.19. The molecule has 3 rings (SSSR count). The summed E-state index contributed by atoms with van der Waals surface area (Å²) in [4.78, 5) is 35.2. The van der Waals surface area contributed by atoms with Gasteiger partial charge in [-0.25, -0.2) is 9.97 Å². The first-order chi connectivity index (χ1) is 13.5. The van der Waals surface area contributed by atoms with Gasteiger partial charge in [0.1, 0.15) is 18.2 Å². The summed E-state index contributed by atoms with van der Waals surface area (Å²) in [6.07, 6.45) is 2.35. The van der Waals surface area contributed by atoms with Crippen LogP contribution in [-0.2, 0) is 9.53 Å². The number of likely N-dealkylation sites (tertiary alicyclic amines) is 1. The van der Waals surface area contributed by atoms with Gasteiger partial charge in [0, 0.05) is 38.0 Å². The lowest BCUT2D eigenvalue weighted by atomic mass is 10.1. The van der Waals surface area contributed by atoms with E-state index in [1.54, 1.807) is 49.4 Å². The highest BCUT2D eigenvalue weighted by atomic mass is 16.5. The van der Waals surface area contributed by atoms with E-state index in [-0.39, 0.29) is 24.3 Å². The normalized spacial score (nSPS) is 16.1. The summed E-state index contributed by atoms with van der Waals surface area (Å²) in [7, 11) is 3.10. The maximum atomic E-state index is 12.5. The van der Waals surface area contributed by atoms with Crippen LogP contribution in [0.1, 0.15) is 34.2 Å². The second-order valence-corrected chi connectivity index (χ2v) is 6.67. The molecule has 0 aliphatic carbocycles. The number of methoxy groups -OCH3 is 2. The van der Waals surface area contributed by atoms with Crippen LogP contribution < -0.4 is 10.1 Å². The Morgan fingerprint density at radius 1 is 1.25 bits per heavy atom. The lowest BCUT2D eigenvalue weighted by molar-refractivity contribution is -0.134. The minimum Gasteiger partial charge on any atom is -0.497 e. The van der Waals surface area contributed by atoms with E-state index >= 15 is 0 Å². The molecule has 1 aromatic carbocycles. The smallest absolute Gasteiger partial charge is 0.259 e. The summed E-state index contributed by atoms with van der Waals surface area (Å²) in [6.45, 7) is 3.10. The minimum atomic E-state index is -0.266. The van der Waals surface area contributed by atoms with Gasteiger partial charge in [0.25, 0.3) is 5.91 Å². The first-order valence-electron chi connectivity index (χ1n) is 9.07. The van der Waals surface area contributed by atoms with Gasteiger partial charge in [-0.1, -0.05) is 0 Å². The molecule has 28 heavy (non-hydrogen) atoms. The van der Waals surface area contributed by atoms with Crippen molar-refractivity contribution in [3.63, 3.8) is 0 Å². The Kier molecular flexibility index (Phi) is 6.20. The van der Waals surface area contributed by atoms with E-state index in [1.807, 2.05) is 0 Å². The third kappa shape index (κ3) is 4.45. The van der Waals surface area contributed by atoms with E-state index < -0.39 is 0 Å². The van der Waals surface area contributed by atoms with Crippen LogP contribution in [0.5, 0.6) is 5.75 Å². The van der Waals surface area contributed by atoms with Crippen molar-refractivity contribution in [2.24, 2.45) is 0 Å². The van der Waals surface area contributed by atoms with Gasteiger partial charge >= 0.3 is 0 Å². The van der Waals surface area contributed by atoms with Crippen molar-refractivity contribution < 1.29 is 19.1 Å². The number of rotatable bonds is 6. The zero-order valence-electron chi connectivity index (χ0n) is 16.3. The second-order valence-electron chi connectivity index (χ2n) is 6.67. The molecule has 2 aromatic rings. The van der Waals surface area contributed by atoms with Gasteiger partial charge in [0.15, 0.2) is 0 Å². The maximum absolute atomic E-state index is 12.5. The van der Waals surface area contributed by atoms with Crippen LogP contribution in [0.4, 0.5) is 5.69 Å². The Balaban J connectivity index is 1.66. The third-order valence-electron chi connectivity index (χ3n) is 4.76. The summed E-state index contributed by atoms with van der Waals surface area (Å²) in [5.74, 6) is 1.15. The lowest BCUT2D eigenvalue weighted by Crippen LogP contribution is -2.31. The standard InChI is InChI=1S/C20H24N4O4/c1-13-17(20(26)23-15-4-6-16(28-3)7-5-15)10-21-19(22-13)14-8-9-24(11-14)18(25)12-27-2/h4-7,10,14H,8-9,11-12H2,1-3H3,(H,23,26)/t14-/m0/s1. The highest BCUT2D eigenvalue weighted by Crippen LogP contribution is 2.25. The molecular weight excluding hydrogens is 360 g/mol. The topological polar surface area (TPSA) is 93.7 Å². The highest BCUT2D eigenvalue weighted by Gasteiger charge is 2.29. The monoisotopic (exact) mass is 384 g/mol. The molecule has 0 radical (unpaired) electrons. The van der Waals surface area contributed by atoms with Gasteiger partial charge in [-0.2, -0.15) is 0 Å². The summed E-state index contributed by atoms with van der Waals surface area (Å²) in [5, 5.41) is 2.83. The van der Waals surface area contributed by atoms with Crippen molar-refractivity contribution in [1.82, 2.24) is 14.9 Å². The quantitative estimate of drug-likeness (QED) is 0.819. The van der Waals surface area contributed by atoms with E-state index in [9.17, 15) is 9.59 Å². The first-order valence-corrected chi connectivity index (χ1v) is 9.07. The number of carbonyl (C=O) groups is 2. The molecular formula is C20H24N4O4. The Hall–Kier alpha value is -3.00. The molecule has 0 saturated carbocycles. The number of anilines is 1. The SMILES string of the molecule is COCC(=O)N1CC[C@H](c2ncc(C(=O)Nc3ccc(OC)cc3)c(C)n2)C1. The van der Waals surface area contributed by atoms with E-state index in [0.717, 1.165) is 12.2 Å². The summed E-state index contributed by atoms with van der Waals surface area (Å²) in [6, 6.07) is 7.09. The van der Waals surface area contributed by atoms with Gasteiger partial charge < -0.3 is 19.7 Å². The lowest BCUT2D eigenvalue weighted by Gasteiger charge is -2.16. The molecule has 8 heteroatoms. The van der Waals surface area contributed by atoms with Crippen molar-refractivity contribution in [2.75, 3.05) is 39.2 Å². The van der Waals surface area contributed by atoms with Gasteiger partial charge in [-0.05, 0) is 37.6 Å². The molecule has 0 bridgehead atoms. The largest absolute Gasteiger partial charge is 0.497 e. The van der Waals surface area contributed by atoms with Crippen molar-refractivity contribution in [2.45, 2.75) is 19.3 Å². The van der Waals surface area contributed by atoms with Crippen LogP contribution in [0.2, 0.25) is 0 Å². The van der Waals surface area contributed by atoms with Crippen LogP contribution in [0.15, 0.2) is 30.5 Å². The number of carbonyl (C=O) groups excluding carboxylic acids is 2. The molecule has 1 aromatic heterocycles. The first kappa shape index (κ1) is 19.8. The van der Waals surface area contributed by atoms with Crippen molar-refractivity contribution >= 4 is 17.5 Å². The average Bonchev–Trinajstić information content (AvgIpc) is 3.19. The number of ether oxygens (including phenoxy) is 2. The van der Waals surface area contributed by atoms with Gasteiger partial charge in [0.2, 0.25) is 5.91 Å². The fraction of sp³-hybridized carbons (Fsp3) is 0.400.